The van der Waals surface area contributed by atoms with Gasteiger partial charge in [0.2, 0.25) is 0 Å². The van der Waals surface area contributed by atoms with Crippen molar-refractivity contribution in [3.63, 3.8) is 0 Å². The Hall–Kier alpha value is -1.06. The van der Waals surface area contributed by atoms with Gasteiger partial charge in [0.1, 0.15) is 0 Å². The number of rotatable bonds is 6. The minimum atomic E-state index is 0.469. The molecule has 1 fully saturated rings. The van der Waals surface area contributed by atoms with Gasteiger partial charge in [0.05, 0.1) is 0 Å². The van der Waals surface area contributed by atoms with Crippen molar-refractivity contribution in [2.24, 2.45) is 5.92 Å². The fourth-order valence-electron chi connectivity index (χ4n) is 3.12. The maximum Gasteiger partial charge on any atom is 0.0491 e. The van der Waals surface area contributed by atoms with E-state index in [-0.39, 0.29) is 0 Å². The largest absolute Gasteiger partial charge is 0.384 e. The normalized spacial score (nSPS) is 18.2. The zero-order chi connectivity index (χ0) is 14.4. The van der Waals surface area contributed by atoms with Crippen LogP contribution in [0.25, 0.3) is 0 Å². The lowest BCUT2D eigenvalue weighted by Gasteiger charge is -2.33. The van der Waals surface area contributed by atoms with Crippen molar-refractivity contribution in [3.05, 3.63) is 29.8 Å². The van der Waals surface area contributed by atoms with E-state index in [1.807, 2.05) is 7.05 Å². The van der Waals surface area contributed by atoms with E-state index in [0.29, 0.717) is 6.04 Å². The highest BCUT2D eigenvalue weighted by Crippen LogP contribution is 2.25. The predicted octanol–water partition coefficient (Wildman–Crippen LogP) is 3.22. The van der Waals surface area contributed by atoms with E-state index in [9.17, 15) is 0 Å². The van der Waals surface area contributed by atoms with Crippen molar-refractivity contribution in [3.8, 4) is 0 Å². The standard InChI is InChI=1S/C17H28N2O/c1-4-17(18-2)15-5-7-16(8-6-15)19-11-9-14(10-12-19)13-20-3/h5-8,14,17-18H,4,9-13H2,1-3H3. The van der Waals surface area contributed by atoms with Crippen molar-refractivity contribution >= 4 is 5.69 Å². The fraction of sp³-hybridized carbons (Fsp3) is 0.647. The van der Waals surface area contributed by atoms with Gasteiger partial charge in [-0.2, -0.15) is 0 Å². The van der Waals surface area contributed by atoms with Gasteiger partial charge in [0, 0.05) is 38.5 Å². The summed E-state index contributed by atoms with van der Waals surface area (Å²) in [7, 11) is 3.83. The number of nitrogens with one attached hydrogen (secondary N) is 1. The molecule has 20 heavy (non-hydrogen) atoms. The minimum absolute atomic E-state index is 0.469. The molecule has 0 saturated carbocycles. The lowest BCUT2D eigenvalue weighted by Crippen LogP contribution is -2.34. The molecule has 0 bridgehead atoms. The van der Waals surface area contributed by atoms with E-state index in [2.05, 4.69) is 41.4 Å². The quantitative estimate of drug-likeness (QED) is 0.863. The summed E-state index contributed by atoms with van der Waals surface area (Å²) in [6.07, 6.45) is 3.60. The number of hydrogen-bond acceptors (Lipinski definition) is 3. The van der Waals surface area contributed by atoms with Crippen LogP contribution >= 0.6 is 0 Å². The Bertz CT molecular complexity index is 378. The van der Waals surface area contributed by atoms with E-state index in [1.165, 1.54) is 24.1 Å². The third-order valence-corrected chi connectivity index (χ3v) is 4.43. The molecule has 112 valence electrons. The highest BCUT2D eigenvalue weighted by Gasteiger charge is 2.19. The molecular weight excluding hydrogens is 248 g/mol. The van der Waals surface area contributed by atoms with Crippen LogP contribution in [0.5, 0.6) is 0 Å². The third-order valence-electron chi connectivity index (χ3n) is 4.43. The molecule has 1 aromatic rings. The molecule has 2 rings (SSSR count). The summed E-state index contributed by atoms with van der Waals surface area (Å²) in [5.41, 5.74) is 2.74. The van der Waals surface area contributed by atoms with Gasteiger partial charge >= 0.3 is 0 Å². The Kier molecular flexibility index (Phi) is 5.86. The first kappa shape index (κ1) is 15.3. The molecule has 1 saturated heterocycles. The summed E-state index contributed by atoms with van der Waals surface area (Å²) in [5, 5.41) is 3.36. The van der Waals surface area contributed by atoms with Gasteiger partial charge in [-0.25, -0.2) is 0 Å². The van der Waals surface area contributed by atoms with Gasteiger partial charge in [0.25, 0.3) is 0 Å². The molecule has 0 radical (unpaired) electrons. The van der Waals surface area contributed by atoms with Crippen LogP contribution < -0.4 is 10.2 Å². The van der Waals surface area contributed by atoms with Crippen molar-refractivity contribution in [2.75, 3.05) is 38.8 Å². The molecule has 1 aromatic carbocycles. The Labute approximate surface area is 123 Å². The highest BCUT2D eigenvalue weighted by atomic mass is 16.5. The molecule has 0 aliphatic carbocycles. The van der Waals surface area contributed by atoms with Gasteiger partial charge in [-0.05, 0) is 49.9 Å². The average Bonchev–Trinajstić information content (AvgIpc) is 2.50. The van der Waals surface area contributed by atoms with E-state index in [0.717, 1.165) is 32.0 Å². The monoisotopic (exact) mass is 276 g/mol. The topological polar surface area (TPSA) is 24.5 Å². The molecule has 1 unspecified atom stereocenters. The van der Waals surface area contributed by atoms with Crippen LogP contribution in [-0.4, -0.2) is 33.9 Å². The number of ether oxygens (including phenoxy) is 1. The number of benzene rings is 1. The molecule has 1 atom stereocenters. The van der Waals surface area contributed by atoms with E-state index in [4.69, 9.17) is 4.74 Å². The van der Waals surface area contributed by atoms with Crippen LogP contribution in [0.4, 0.5) is 5.69 Å². The second-order valence-electron chi connectivity index (χ2n) is 5.73. The number of piperidine rings is 1. The molecule has 1 aliphatic heterocycles. The number of methoxy groups -OCH3 is 1. The summed E-state index contributed by atoms with van der Waals surface area (Å²) >= 11 is 0. The van der Waals surface area contributed by atoms with Crippen LogP contribution in [0.15, 0.2) is 24.3 Å². The van der Waals surface area contributed by atoms with Crippen LogP contribution in [0, 0.1) is 5.92 Å². The second-order valence-corrected chi connectivity index (χ2v) is 5.73. The molecular formula is C17H28N2O. The number of nitrogens with zero attached hydrogens (tertiary/aromatic N) is 1. The summed E-state index contributed by atoms with van der Waals surface area (Å²) in [5.74, 6) is 0.740. The molecule has 0 amide bonds. The number of anilines is 1. The molecule has 1 heterocycles. The Morgan fingerprint density at radius 2 is 1.90 bits per heavy atom. The lowest BCUT2D eigenvalue weighted by atomic mass is 9.97. The zero-order valence-electron chi connectivity index (χ0n) is 13.1. The molecule has 1 N–H and O–H groups in total. The van der Waals surface area contributed by atoms with Gasteiger partial charge in [0.15, 0.2) is 0 Å². The molecule has 0 aromatic heterocycles. The Morgan fingerprint density at radius 1 is 1.25 bits per heavy atom. The van der Waals surface area contributed by atoms with Crippen LogP contribution in [-0.2, 0) is 4.74 Å². The minimum Gasteiger partial charge on any atom is -0.384 e. The number of hydrogen-bond donors (Lipinski definition) is 1. The summed E-state index contributed by atoms with van der Waals surface area (Å²) < 4.78 is 5.26. The summed E-state index contributed by atoms with van der Waals surface area (Å²) in [4.78, 5) is 2.50. The summed E-state index contributed by atoms with van der Waals surface area (Å²) in [6.45, 7) is 5.43. The molecule has 0 spiro atoms. The van der Waals surface area contributed by atoms with E-state index in [1.54, 1.807) is 7.11 Å². The van der Waals surface area contributed by atoms with Gasteiger partial charge in [-0.3, -0.25) is 0 Å². The third kappa shape index (κ3) is 3.74. The fourth-order valence-corrected chi connectivity index (χ4v) is 3.12. The Balaban J connectivity index is 1.94. The first-order valence-corrected chi connectivity index (χ1v) is 7.79. The maximum absolute atomic E-state index is 5.26. The second kappa shape index (κ2) is 7.65. The molecule has 3 nitrogen and oxygen atoms in total. The SMILES string of the molecule is CCC(NC)c1ccc(N2CCC(COC)CC2)cc1. The average molecular weight is 276 g/mol. The molecule has 3 heteroatoms. The van der Waals surface area contributed by atoms with Crippen LogP contribution in [0.1, 0.15) is 37.8 Å². The highest BCUT2D eigenvalue weighted by molar-refractivity contribution is 5.48. The van der Waals surface area contributed by atoms with Gasteiger partial charge < -0.3 is 15.0 Å². The van der Waals surface area contributed by atoms with Crippen molar-refractivity contribution in [1.29, 1.82) is 0 Å². The predicted molar refractivity (Wildman–Crippen MR) is 85.3 cm³/mol. The van der Waals surface area contributed by atoms with Crippen LogP contribution in [0.3, 0.4) is 0 Å². The lowest BCUT2D eigenvalue weighted by molar-refractivity contribution is 0.139. The van der Waals surface area contributed by atoms with Crippen molar-refractivity contribution in [1.82, 2.24) is 5.32 Å². The van der Waals surface area contributed by atoms with E-state index >= 15 is 0 Å². The maximum atomic E-state index is 5.26. The smallest absolute Gasteiger partial charge is 0.0491 e. The van der Waals surface area contributed by atoms with E-state index < -0.39 is 0 Å². The summed E-state index contributed by atoms with van der Waals surface area (Å²) in [6, 6.07) is 9.54. The van der Waals surface area contributed by atoms with Gasteiger partial charge in [-0.15, -0.1) is 0 Å². The van der Waals surface area contributed by atoms with Crippen LogP contribution in [0.2, 0.25) is 0 Å². The zero-order valence-corrected chi connectivity index (χ0v) is 13.1. The first-order chi connectivity index (χ1) is 9.78. The Morgan fingerprint density at radius 3 is 2.40 bits per heavy atom. The van der Waals surface area contributed by atoms with Gasteiger partial charge in [-0.1, -0.05) is 19.1 Å². The van der Waals surface area contributed by atoms with Crippen molar-refractivity contribution < 1.29 is 4.74 Å². The van der Waals surface area contributed by atoms with Crippen molar-refractivity contribution in [2.45, 2.75) is 32.2 Å². The molecule has 1 aliphatic rings. The first-order valence-electron chi connectivity index (χ1n) is 7.79.